The van der Waals surface area contributed by atoms with Crippen LogP contribution in [0.15, 0.2) is 36.5 Å². The predicted octanol–water partition coefficient (Wildman–Crippen LogP) is 4.22. The summed E-state index contributed by atoms with van der Waals surface area (Å²) in [7, 11) is 0. The Balaban J connectivity index is 2.15. The maximum atomic E-state index is 5.81. The molecule has 1 aromatic carbocycles. The molecule has 0 fully saturated rings. The van der Waals surface area contributed by atoms with Crippen LogP contribution in [-0.2, 0) is 0 Å². The van der Waals surface area contributed by atoms with Crippen LogP contribution in [0.5, 0.6) is 5.75 Å². The van der Waals surface area contributed by atoms with Crippen molar-refractivity contribution in [3.05, 3.63) is 36.5 Å². The molecule has 0 spiro atoms. The van der Waals surface area contributed by atoms with Gasteiger partial charge in [0, 0.05) is 12.2 Å². The van der Waals surface area contributed by atoms with Gasteiger partial charge in [-0.05, 0) is 45.4 Å². The lowest BCUT2D eigenvalue weighted by molar-refractivity contribution is 0.244. The van der Waals surface area contributed by atoms with E-state index in [4.69, 9.17) is 4.74 Å². The van der Waals surface area contributed by atoms with Gasteiger partial charge in [-0.25, -0.2) is 4.98 Å². The minimum absolute atomic E-state index is 0.121. The quantitative estimate of drug-likeness (QED) is 0.802. The molecule has 22 heavy (non-hydrogen) atoms. The van der Waals surface area contributed by atoms with Crippen LogP contribution in [0, 0.1) is 0 Å². The monoisotopic (exact) mass is 300 g/mol. The second kappa shape index (κ2) is 7.64. The number of para-hydroxylation sites is 2. The van der Waals surface area contributed by atoms with Gasteiger partial charge in [0.2, 0.25) is 5.95 Å². The van der Waals surface area contributed by atoms with Crippen LogP contribution in [0.4, 0.5) is 17.5 Å². The summed E-state index contributed by atoms with van der Waals surface area (Å²) in [6, 6.07) is 10.0. The number of anilines is 3. The number of hydrogen-bond donors (Lipinski definition) is 2. The summed E-state index contributed by atoms with van der Waals surface area (Å²) >= 11 is 0. The molecular weight excluding hydrogens is 276 g/mol. The molecule has 1 heterocycles. The first kappa shape index (κ1) is 16.1. The van der Waals surface area contributed by atoms with E-state index in [9.17, 15) is 0 Å². The molecule has 2 N–H and O–H groups in total. The average Bonchev–Trinajstić information content (AvgIpc) is 2.49. The number of aromatic nitrogens is 2. The molecule has 0 saturated carbocycles. The summed E-state index contributed by atoms with van der Waals surface area (Å²) in [5, 5.41) is 6.56. The van der Waals surface area contributed by atoms with Crippen molar-refractivity contribution in [2.24, 2.45) is 0 Å². The Hall–Kier alpha value is -2.30. The Morgan fingerprint density at radius 3 is 2.64 bits per heavy atom. The van der Waals surface area contributed by atoms with Crippen LogP contribution < -0.4 is 15.4 Å². The number of rotatable bonds is 7. The number of hydrogen-bond acceptors (Lipinski definition) is 5. The van der Waals surface area contributed by atoms with Gasteiger partial charge in [-0.1, -0.05) is 19.1 Å². The molecule has 1 atom stereocenters. The van der Waals surface area contributed by atoms with Gasteiger partial charge in [-0.3, -0.25) is 0 Å². The predicted molar refractivity (Wildman–Crippen MR) is 90.9 cm³/mol. The third-order valence-electron chi connectivity index (χ3n) is 3.16. The molecule has 1 aromatic heterocycles. The van der Waals surface area contributed by atoms with Gasteiger partial charge in [-0.2, -0.15) is 4.98 Å². The third kappa shape index (κ3) is 4.62. The number of benzene rings is 1. The molecule has 118 valence electrons. The van der Waals surface area contributed by atoms with Crippen molar-refractivity contribution >= 4 is 17.5 Å². The van der Waals surface area contributed by atoms with Crippen molar-refractivity contribution in [3.8, 4) is 5.75 Å². The minimum atomic E-state index is 0.121. The van der Waals surface area contributed by atoms with E-state index < -0.39 is 0 Å². The maximum Gasteiger partial charge on any atom is 0.224 e. The Morgan fingerprint density at radius 1 is 1.14 bits per heavy atom. The summed E-state index contributed by atoms with van der Waals surface area (Å²) in [6.45, 7) is 8.25. The van der Waals surface area contributed by atoms with Gasteiger partial charge in [0.15, 0.2) is 0 Å². The van der Waals surface area contributed by atoms with E-state index in [-0.39, 0.29) is 6.10 Å². The highest BCUT2D eigenvalue weighted by Crippen LogP contribution is 2.27. The van der Waals surface area contributed by atoms with Crippen LogP contribution in [0.1, 0.15) is 34.1 Å². The topological polar surface area (TPSA) is 59.1 Å². The second-order valence-corrected chi connectivity index (χ2v) is 5.51. The van der Waals surface area contributed by atoms with Crippen molar-refractivity contribution < 1.29 is 4.74 Å². The molecule has 0 bridgehead atoms. The van der Waals surface area contributed by atoms with Crippen molar-refractivity contribution in [1.29, 1.82) is 0 Å². The minimum Gasteiger partial charge on any atom is -0.489 e. The Kier molecular flexibility index (Phi) is 5.58. The zero-order valence-corrected chi connectivity index (χ0v) is 13.6. The largest absolute Gasteiger partial charge is 0.489 e. The van der Waals surface area contributed by atoms with Crippen molar-refractivity contribution in [1.82, 2.24) is 9.97 Å². The van der Waals surface area contributed by atoms with Crippen LogP contribution in [0.2, 0.25) is 0 Å². The molecule has 0 aliphatic carbocycles. The summed E-state index contributed by atoms with van der Waals surface area (Å²) in [5.74, 6) is 2.18. The van der Waals surface area contributed by atoms with Crippen LogP contribution in [-0.4, -0.2) is 22.1 Å². The molecular formula is C17H24N4O. The Labute approximate surface area is 132 Å². The zero-order chi connectivity index (χ0) is 15.9. The van der Waals surface area contributed by atoms with E-state index in [0.717, 1.165) is 23.7 Å². The number of nitrogens with zero attached hydrogens (tertiary/aromatic N) is 2. The zero-order valence-electron chi connectivity index (χ0n) is 13.6. The fourth-order valence-corrected chi connectivity index (χ4v) is 1.88. The van der Waals surface area contributed by atoms with Crippen molar-refractivity contribution in [3.63, 3.8) is 0 Å². The summed E-state index contributed by atoms with van der Waals surface area (Å²) < 4.78 is 5.81. The van der Waals surface area contributed by atoms with E-state index in [1.807, 2.05) is 44.2 Å². The average molecular weight is 300 g/mol. The van der Waals surface area contributed by atoms with Gasteiger partial charge in [-0.15, -0.1) is 0 Å². The van der Waals surface area contributed by atoms with Gasteiger partial charge >= 0.3 is 0 Å². The van der Waals surface area contributed by atoms with E-state index in [0.29, 0.717) is 12.0 Å². The van der Waals surface area contributed by atoms with Gasteiger partial charge in [0.25, 0.3) is 0 Å². The lowest BCUT2D eigenvalue weighted by Crippen LogP contribution is -2.16. The Morgan fingerprint density at radius 2 is 1.91 bits per heavy atom. The summed E-state index contributed by atoms with van der Waals surface area (Å²) in [5.41, 5.74) is 0.893. The normalized spacial score (nSPS) is 12.0. The van der Waals surface area contributed by atoms with Crippen molar-refractivity contribution in [2.45, 2.75) is 46.3 Å². The smallest absolute Gasteiger partial charge is 0.224 e. The second-order valence-electron chi connectivity index (χ2n) is 5.51. The third-order valence-corrected chi connectivity index (χ3v) is 3.16. The number of nitrogens with one attached hydrogen (secondary N) is 2. The molecule has 0 radical (unpaired) electrons. The molecule has 2 rings (SSSR count). The van der Waals surface area contributed by atoms with E-state index >= 15 is 0 Å². The first-order valence-electron chi connectivity index (χ1n) is 7.70. The fourth-order valence-electron chi connectivity index (χ4n) is 1.88. The molecule has 0 saturated heterocycles. The van der Waals surface area contributed by atoms with Gasteiger partial charge < -0.3 is 15.4 Å². The maximum absolute atomic E-state index is 5.81. The van der Waals surface area contributed by atoms with Crippen molar-refractivity contribution in [2.75, 3.05) is 10.6 Å². The first-order chi connectivity index (χ1) is 10.6. The molecule has 2 aromatic rings. The molecule has 0 aliphatic heterocycles. The summed E-state index contributed by atoms with van der Waals surface area (Å²) in [4.78, 5) is 8.73. The highest BCUT2D eigenvalue weighted by molar-refractivity contribution is 5.64. The molecule has 5 heteroatoms. The molecule has 0 amide bonds. The van der Waals surface area contributed by atoms with Gasteiger partial charge in [0.05, 0.1) is 11.8 Å². The van der Waals surface area contributed by atoms with Crippen LogP contribution >= 0.6 is 0 Å². The summed E-state index contributed by atoms with van der Waals surface area (Å²) in [6.07, 6.45) is 2.88. The molecule has 0 aliphatic rings. The van der Waals surface area contributed by atoms with E-state index in [2.05, 4.69) is 34.4 Å². The molecule has 5 nitrogen and oxygen atoms in total. The first-order valence-corrected chi connectivity index (χ1v) is 7.70. The van der Waals surface area contributed by atoms with E-state index in [1.54, 1.807) is 6.20 Å². The number of ether oxygens (including phenoxy) is 1. The SMILES string of the molecule is CCC(C)Nc1nccc(Nc2ccccc2OC(C)C)n1. The lowest BCUT2D eigenvalue weighted by atomic mass is 10.3. The highest BCUT2D eigenvalue weighted by atomic mass is 16.5. The fraction of sp³-hybridized carbons (Fsp3) is 0.412. The van der Waals surface area contributed by atoms with E-state index in [1.165, 1.54) is 0 Å². The van der Waals surface area contributed by atoms with Crippen LogP contribution in [0.25, 0.3) is 0 Å². The Bertz CT molecular complexity index is 601. The highest BCUT2D eigenvalue weighted by Gasteiger charge is 2.07. The standard InChI is InChI=1S/C17H24N4O/c1-5-13(4)19-17-18-11-10-16(21-17)20-14-8-6-7-9-15(14)22-12(2)3/h6-13H,5H2,1-4H3,(H2,18,19,20,21). The lowest BCUT2D eigenvalue weighted by Gasteiger charge is -2.16. The molecule has 1 unspecified atom stereocenters. The van der Waals surface area contributed by atoms with Crippen LogP contribution in [0.3, 0.4) is 0 Å². The van der Waals surface area contributed by atoms with Gasteiger partial charge in [0.1, 0.15) is 11.6 Å².